The molecule has 92 valence electrons. The van der Waals surface area contributed by atoms with Gasteiger partial charge in [0, 0.05) is 35.5 Å². The minimum absolute atomic E-state index is 0.322. The molecule has 1 aromatic heterocycles. The maximum Gasteiger partial charge on any atom is 0.130 e. The summed E-state index contributed by atoms with van der Waals surface area (Å²) in [5.41, 5.74) is 10.3. The number of aromatic nitrogens is 1. The lowest BCUT2D eigenvalue weighted by Gasteiger charge is -2.09. The molecule has 18 heavy (non-hydrogen) atoms. The van der Waals surface area contributed by atoms with Gasteiger partial charge >= 0.3 is 0 Å². The summed E-state index contributed by atoms with van der Waals surface area (Å²) in [5, 5.41) is 0. The van der Waals surface area contributed by atoms with Gasteiger partial charge in [-0.25, -0.2) is 0 Å². The second-order valence-corrected chi connectivity index (χ2v) is 4.65. The first-order valence-corrected chi connectivity index (χ1v) is 6.18. The van der Waals surface area contributed by atoms with Gasteiger partial charge in [-0.15, -0.1) is 0 Å². The molecule has 0 unspecified atom stereocenters. The Kier molecular flexibility index (Phi) is 2.76. The van der Waals surface area contributed by atoms with E-state index in [2.05, 4.69) is 29.2 Å². The number of hydrogen-bond acceptors (Lipinski definition) is 3. The van der Waals surface area contributed by atoms with Crippen LogP contribution in [0.4, 0.5) is 0 Å². The number of para-hydroxylation sites is 1. The number of pyridine rings is 1. The van der Waals surface area contributed by atoms with Crippen molar-refractivity contribution in [2.45, 2.75) is 12.8 Å². The van der Waals surface area contributed by atoms with Crippen molar-refractivity contribution in [3.63, 3.8) is 0 Å². The molecule has 3 heteroatoms. The number of fused-ring (bicyclic) bond motifs is 1. The molecule has 0 saturated carbocycles. The van der Waals surface area contributed by atoms with Crippen molar-refractivity contribution in [1.82, 2.24) is 4.98 Å². The molecule has 3 rings (SSSR count). The van der Waals surface area contributed by atoms with Gasteiger partial charge < -0.3 is 10.5 Å². The van der Waals surface area contributed by atoms with Crippen LogP contribution in [-0.2, 0) is 0 Å². The Morgan fingerprint density at radius 2 is 2.28 bits per heavy atom. The Bertz CT molecular complexity index is 580. The Morgan fingerprint density at radius 3 is 3.06 bits per heavy atom. The average molecular weight is 240 g/mol. The van der Waals surface area contributed by atoms with Gasteiger partial charge in [0.05, 0.1) is 6.61 Å². The standard InChI is InChI=1S/C15H16N2O/c1-10-7-11(5-6-17-10)13-3-2-4-14-12(8-16)9-18-15(13)14/h2-7,12H,8-9,16H2,1H3/t12-/m0/s1. The van der Waals surface area contributed by atoms with Crippen LogP contribution in [0.25, 0.3) is 11.1 Å². The molecule has 1 aliphatic heterocycles. The maximum absolute atomic E-state index is 5.83. The molecule has 0 radical (unpaired) electrons. The van der Waals surface area contributed by atoms with E-state index in [1.807, 2.05) is 19.2 Å². The summed E-state index contributed by atoms with van der Waals surface area (Å²) >= 11 is 0. The molecular formula is C15H16N2O. The number of nitrogens with two attached hydrogens (primary N) is 1. The Hall–Kier alpha value is -1.87. The van der Waals surface area contributed by atoms with E-state index in [9.17, 15) is 0 Å². The Morgan fingerprint density at radius 1 is 1.39 bits per heavy atom. The maximum atomic E-state index is 5.83. The van der Waals surface area contributed by atoms with Crippen molar-refractivity contribution in [1.29, 1.82) is 0 Å². The van der Waals surface area contributed by atoms with Crippen LogP contribution in [0.15, 0.2) is 36.5 Å². The van der Waals surface area contributed by atoms with Crippen LogP contribution in [0, 0.1) is 6.92 Å². The minimum atomic E-state index is 0.322. The number of nitrogens with zero attached hydrogens (tertiary/aromatic N) is 1. The highest BCUT2D eigenvalue weighted by Gasteiger charge is 2.25. The van der Waals surface area contributed by atoms with Gasteiger partial charge in [0.2, 0.25) is 0 Å². The predicted octanol–water partition coefficient (Wildman–Crippen LogP) is 2.49. The zero-order valence-corrected chi connectivity index (χ0v) is 10.4. The zero-order chi connectivity index (χ0) is 12.5. The summed E-state index contributed by atoms with van der Waals surface area (Å²) in [5.74, 6) is 1.31. The molecule has 0 bridgehead atoms. The molecule has 0 spiro atoms. The van der Waals surface area contributed by atoms with Crippen LogP contribution < -0.4 is 10.5 Å². The summed E-state index contributed by atoms with van der Waals surface area (Å²) in [6.45, 7) is 3.31. The van der Waals surface area contributed by atoms with Crippen molar-refractivity contribution in [3.8, 4) is 16.9 Å². The third kappa shape index (κ3) is 1.77. The molecule has 0 fully saturated rings. The van der Waals surface area contributed by atoms with Gasteiger partial charge in [0.1, 0.15) is 5.75 Å². The zero-order valence-electron chi connectivity index (χ0n) is 10.4. The van der Waals surface area contributed by atoms with E-state index >= 15 is 0 Å². The third-order valence-electron chi connectivity index (χ3n) is 3.41. The SMILES string of the molecule is Cc1cc(-c2cccc3c2OC[C@@H]3CN)ccn1. The highest BCUT2D eigenvalue weighted by atomic mass is 16.5. The van der Waals surface area contributed by atoms with Crippen LogP contribution in [0.5, 0.6) is 5.75 Å². The van der Waals surface area contributed by atoms with Gasteiger partial charge in [-0.05, 0) is 24.6 Å². The second-order valence-electron chi connectivity index (χ2n) is 4.65. The van der Waals surface area contributed by atoms with E-state index in [1.165, 1.54) is 5.56 Å². The molecule has 3 nitrogen and oxygen atoms in total. The van der Waals surface area contributed by atoms with E-state index in [0.29, 0.717) is 19.1 Å². The van der Waals surface area contributed by atoms with E-state index in [1.54, 1.807) is 0 Å². The minimum Gasteiger partial charge on any atom is -0.492 e. The number of benzene rings is 1. The molecule has 0 aliphatic carbocycles. The lowest BCUT2D eigenvalue weighted by molar-refractivity contribution is 0.334. The molecule has 0 amide bonds. The lowest BCUT2D eigenvalue weighted by atomic mass is 9.96. The molecular weight excluding hydrogens is 224 g/mol. The van der Waals surface area contributed by atoms with Crippen LogP contribution >= 0.6 is 0 Å². The second kappa shape index (κ2) is 4.42. The van der Waals surface area contributed by atoms with Gasteiger partial charge in [0.25, 0.3) is 0 Å². The fourth-order valence-corrected chi connectivity index (χ4v) is 2.45. The molecule has 2 N–H and O–H groups in total. The van der Waals surface area contributed by atoms with E-state index in [-0.39, 0.29) is 0 Å². The lowest BCUT2D eigenvalue weighted by Crippen LogP contribution is -2.13. The van der Waals surface area contributed by atoms with Crippen LogP contribution in [-0.4, -0.2) is 18.1 Å². The first kappa shape index (κ1) is 11.2. The van der Waals surface area contributed by atoms with E-state index in [4.69, 9.17) is 10.5 Å². The third-order valence-corrected chi connectivity index (χ3v) is 3.41. The highest BCUT2D eigenvalue weighted by Crippen LogP contribution is 2.41. The highest BCUT2D eigenvalue weighted by molar-refractivity contribution is 5.73. The topological polar surface area (TPSA) is 48.1 Å². The van der Waals surface area contributed by atoms with Gasteiger partial charge in [0.15, 0.2) is 0 Å². The van der Waals surface area contributed by atoms with Gasteiger partial charge in [-0.3, -0.25) is 4.98 Å². The van der Waals surface area contributed by atoms with Crippen LogP contribution in [0.2, 0.25) is 0 Å². The summed E-state index contributed by atoms with van der Waals surface area (Å²) in [6, 6.07) is 10.4. The first-order valence-electron chi connectivity index (χ1n) is 6.18. The summed E-state index contributed by atoms with van der Waals surface area (Å²) in [6.07, 6.45) is 1.83. The number of aryl methyl sites for hydroxylation is 1. The van der Waals surface area contributed by atoms with Gasteiger partial charge in [-0.1, -0.05) is 18.2 Å². The van der Waals surface area contributed by atoms with Crippen molar-refractivity contribution in [3.05, 3.63) is 47.8 Å². The van der Waals surface area contributed by atoms with Gasteiger partial charge in [-0.2, -0.15) is 0 Å². The van der Waals surface area contributed by atoms with Crippen molar-refractivity contribution in [2.24, 2.45) is 5.73 Å². The van der Waals surface area contributed by atoms with Crippen molar-refractivity contribution >= 4 is 0 Å². The first-order chi connectivity index (χ1) is 8.79. The smallest absolute Gasteiger partial charge is 0.130 e. The molecule has 0 saturated heterocycles. The molecule has 1 atom stereocenters. The molecule has 2 aromatic rings. The largest absolute Gasteiger partial charge is 0.492 e. The summed E-state index contributed by atoms with van der Waals surface area (Å²) < 4.78 is 5.83. The summed E-state index contributed by atoms with van der Waals surface area (Å²) in [7, 11) is 0. The predicted molar refractivity (Wildman–Crippen MR) is 71.7 cm³/mol. The Balaban J connectivity index is 2.12. The fraction of sp³-hybridized carbons (Fsp3) is 0.267. The summed E-state index contributed by atoms with van der Waals surface area (Å²) in [4.78, 5) is 4.23. The number of ether oxygens (including phenoxy) is 1. The molecule has 2 heterocycles. The molecule has 1 aliphatic rings. The van der Waals surface area contributed by atoms with Crippen LogP contribution in [0.3, 0.4) is 0 Å². The molecule has 1 aromatic carbocycles. The van der Waals surface area contributed by atoms with E-state index < -0.39 is 0 Å². The Labute approximate surface area is 107 Å². The van der Waals surface area contributed by atoms with Crippen LogP contribution in [0.1, 0.15) is 17.2 Å². The fourth-order valence-electron chi connectivity index (χ4n) is 2.45. The normalized spacial score (nSPS) is 17.3. The monoisotopic (exact) mass is 240 g/mol. The van der Waals surface area contributed by atoms with Crippen molar-refractivity contribution in [2.75, 3.05) is 13.2 Å². The van der Waals surface area contributed by atoms with Crippen molar-refractivity contribution < 1.29 is 4.74 Å². The number of rotatable bonds is 2. The quantitative estimate of drug-likeness (QED) is 0.877. The average Bonchev–Trinajstić information content (AvgIpc) is 2.81. The van der Waals surface area contributed by atoms with E-state index in [0.717, 1.165) is 22.6 Å². The number of hydrogen-bond donors (Lipinski definition) is 1.